The van der Waals surface area contributed by atoms with Crippen LogP contribution in [-0.2, 0) is 9.47 Å². The topological polar surface area (TPSA) is 62.2 Å². The number of nitrogens with zero attached hydrogens (tertiary/aromatic N) is 1. The molecule has 0 aromatic rings. The molecule has 13 atom stereocenters. The van der Waals surface area contributed by atoms with E-state index in [0.29, 0.717) is 36.3 Å². The first-order valence-electron chi connectivity index (χ1n) is 15.0. The molecule has 5 nitrogen and oxygen atoms in total. The Labute approximate surface area is 212 Å². The Morgan fingerprint density at radius 3 is 2.57 bits per heavy atom. The molecule has 5 aliphatic heterocycles. The van der Waals surface area contributed by atoms with Gasteiger partial charge in [0.2, 0.25) is 0 Å². The molecule has 7 bridgehead atoms. The van der Waals surface area contributed by atoms with Crippen molar-refractivity contribution in [3.63, 3.8) is 0 Å². The third kappa shape index (κ3) is 2.64. The van der Waals surface area contributed by atoms with Crippen LogP contribution < -0.4 is 0 Å². The summed E-state index contributed by atoms with van der Waals surface area (Å²) in [5.74, 6) is 1.88. The van der Waals surface area contributed by atoms with Crippen molar-refractivity contribution in [2.24, 2.45) is 39.9 Å². The van der Waals surface area contributed by atoms with Gasteiger partial charge in [0, 0.05) is 29.3 Å². The smallest absolute Gasteiger partial charge is 0.166 e. The van der Waals surface area contributed by atoms with E-state index in [1.165, 1.54) is 44.9 Å². The molecule has 198 valence electrons. The van der Waals surface area contributed by atoms with Crippen LogP contribution in [-0.4, -0.2) is 57.5 Å². The van der Waals surface area contributed by atoms with E-state index in [9.17, 15) is 10.2 Å². The van der Waals surface area contributed by atoms with E-state index < -0.39 is 11.9 Å². The molecule has 2 unspecified atom stereocenters. The minimum atomic E-state index is -0.446. The number of hydrogen-bond donors (Lipinski definition) is 2. The molecule has 2 N–H and O–H groups in total. The van der Waals surface area contributed by atoms with E-state index >= 15 is 0 Å². The van der Waals surface area contributed by atoms with Gasteiger partial charge in [0.1, 0.15) is 6.23 Å². The number of ether oxygens (including phenoxy) is 2. The van der Waals surface area contributed by atoms with Gasteiger partial charge in [0.15, 0.2) is 5.79 Å². The second kappa shape index (κ2) is 7.25. The third-order valence-corrected chi connectivity index (χ3v) is 13.7. The Morgan fingerprint density at radius 1 is 1.00 bits per heavy atom. The van der Waals surface area contributed by atoms with Crippen LogP contribution in [0, 0.1) is 39.9 Å². The molecule has 35 heavy (non-hydrogen) atoms. The van der Waals surface area contributed by atoms with Gasteiger partial charge in [-0.1, -0.05) is 34.1 Å². The van der Waals surface area contributed by atoms with Gasteiger partial charge in [0.25, 0.3) is 0 Å². The van der Waals surface area contributed by atoms with E-state index in [2.05, 4.69) is 39.5 Å². The lowest BCUT2D eigenvalue weighted by Gasteiger charge is -2.68. The molecule has 5 heterocycles. The van der Waals surface area contributed by atoms with Gasteiger partial charge in [-0.15, -0.1) is 0 Å². The molecule has 1 spiro atoms. The van der Waals surface area contributed by atoms with Crippen molar-refractivity contribution in [2.45, 2.75) is 141 Å². The highest BCUT2D eigenvalue weighted by molar-refractivity contribution is 5.32. The molecule has 7 rings (SSSR count). The molecule has 2 aliphatic carbocycles. The first kappa shape index (κ1) is 23.9. The fourth-order valence-corrected chi connectivity index (χ4v) is 11.9. The van der Waals surface area contributed by atoms with Gasteiger partial charge < -0.3 is 19.7 Å². The highest BCUT2D eigenvalue weighted by atomic mass is 16.7. The zero-order valence-corrected chi connectivity index (χ0v) is 22.8. The fourth-order valence-electron chi connectivity index (χ4n) is 11.9. The average molecular weight is 488 g/mol. The number of piperidine rings is 2. The van der Waals surface area contributed by atoms with Gasteiger partial charge in [-0.3, -0.25) is 4.90 Å². The summed E-state index contributed by atoms with van der Waals surface area (Å²) in [6.07, 6.45) is 12.1. The molecule has 5 saturated heterocycles. The Balaban J connectivity index is 1.27. The Bertz CT molecular complexity index is 896. The Hall–Kier alpha value is -0.200. The molecule has 0 aromatic carbocycles. The second-order valence-electron chi connectivity index (χ2n) is 15.0. The highest BCUT2D eigenvalue weighted by Crippen LogP contribution is 2.80. The molecule has 5 heteroatoms. The minimum Gasteiger partial charge on any atom is -0.392 e. The number of fused-ring (bicyclic) bond motifs is 4. The van der Waals surface area contributed by atoms with Crippen molar-refractivity contribution < 1.29 is 19.7 Å². The zero-order valence-electron chi connectivity index (χ0n) is 22.8. The molecule has 7 aliphatic rings. The van der Waals surface area contributed by atoms with Gasteiger partial charge in [-0.2, -0.15) is 0 Å². The molecule has 0 aromatic heterocycles. The lowest BCUT2D eigenvalue weighted by atomic mass is 9.42. The van der Waals surface area contributed by atoms with Crippen LogP contribution in [0.1, 0.15) is 105 Å². The van der Waals surface area contributed by atoms with Crippen LogP contribution in [0.2, 0.25) is 0 Å². The van der Waals surface area contributed by atoms with E-state index in [1.807, 2.05) is 0 Å². The SMILES string of the molecule is CC(C)[C@H]1CC[C@@]2(C)C3CC[C@]45CCC[C@H]4[C@@]2(CC[C@H](O)[C@]2(C)CO[C@@]4(C)CC[C@@H]2O4)[C@H]1N5[C@H]3O. The maximum absolute atomic E-state index is 11.9. The molecule has 0 radical (unpaired) electrons. The van der Waals surface area contributed by atoms with Gasteiger partial charge in [-0.05, 0) is 93.3 Å². The predicted molar refractivity (Wildman–Crippen MR) is 134 cm³/mol. The normalized spacial score (nSPS) is 60.9. The van der Waals surface area contributed by atoms with Gasteiger partial charge in [-0.25, -0.2) is 0 Å². The van der Waals surface area contributed by atoms with Crippen molar-refractivity contribution in [2.75, 3.05) is 6.61 Å². The number of rotatable bonds is 5. The average Bonchev–Trinajstić information content (AvgIpc) is 3.42. The standard InChI is InChI=1S/C30H49NO4/c1-18(2)19-8-13-27(4)20-9-15-29-12-6-7-21(29)30(27,24(19)31(29)25(20)33)16-10-22(32)26(3)17-34-28(5)14-11-23(26)35-28/h18-25,32-33H,6-17H2,1-5H3/t19-,20?,21-,22+,23+,24+,25+,26+,27+,28-,29-,30+/m1/s1. The number of aliphatic hydroxyl groups is 2. The Morgan fingerprint density at radius 2 is 1.80 bits per heavy atom. The molecule has 7 fully saturated rings. The third-order valence-electron chi connectivity index (χ3n) is 13.7. The largest absolute Gasteiger partial charge is 0.392 e. The van der Waals surface area contributed by atoms with Crippen LogP contribution in [0.15, 0.2) is 0 Å². The quantitative estimate of drug-likeness (QED) is 0.566. The van der Waals surface area contributed by atoms with Crippen molar-refractivity contribution in [3.8, 4) is 0 Å². The van der Waals surface area contributed by atoms with E-state index in [-0.39, 0.29) is 34.1 Å². The summed E-state index contributed by atoms with van der Waals surface area (Å²) in [5.41, 5.74) is 0.237. The Kier molecular flexibility index (Phi) is 4.95. The van der Waals surface area contributed by atoms with Gasteiger partial charge in [0.05, 0.1) is 18.8 Å². The summed E-state index contributed by atoms with van der Waals surface area (Å²) in [5, 5.41) is 23.7. The molecule has 2 saturated carbocycles. The summed E-state index contributed by atoms with van der Waals surface area (Å²) in [7, 11) is 0. The second-order valence-corrected chi connectivity index (χ2v) is 15.0. The first-order chi connectivity index (χ1) is 16.5. The summed E-state index contributed by atoms with van der Waals surface area (Å²) in [6, 6.07) is 0.465. The summed E-state index contributed by atoms with van der Waals surface area (Å²) in [4.78, 5) is 2.73. The van der Waals surface area contributed by atoms with Crippen molar-refractivity contribution >= 4 is 0 Å². The van der Waals surface area contributed by atoms with Crippen LogP contribution >= 0.6 is 0 Å². The maximum Gasteiger partial charge on any atom is 0.166 e. The highest BCUT2D eigenvalue weighted by Gasteiger charge is 2.81. The van der Waals surface area contributed by atoms with Crippen LogP contribution in [0.5, 0.6) is 0 Å². The number of aliphatic hydroxyl groups excluding tert-OH is 2. The van der Waals surface area contributed by atoms with Crippen molar-refractivity contribution in [1.82, 2.24) is 4.90 Å². The zero-order chi connectivity index (χ0) is 24.6. The van der Waals surface area contributed by atoms with E-state index in [1.54, 1.807) is 0 Å². The fraction of sp³-hybridized carbons (Fsp3) is 1.00. The molecule has 0 amide bonds. The summed E-state index contributed by atoms with van der Waals surface area (Å²) < 4.78 is 12.5. The molecular formula is C30H49NO4. The summed E-state index contributed by atoms with van der Waals surface area (Å²) >= 11 is 0. The van der Waals surface area contributed by atoms with Crippen LogP contribution in [0.25, 0.3) is 0 Å². The minimum absolute atomic E-state index is 0.0921. The van der Waals surface area contributed by atoms with E-state index in [4.69, 9.17) is 9.47 Å². The number of hydrogen-bond acceptors (Lipinski definition) is 5. The molecular weight excluding hydrogens is 438 g/mol. The lowest BCUT2D eigenvalue weighted by molar-refractivity contribution is -0.304. The van der Waals surface area contributed by atoms with Crippen molar-refractivity contribution in [3.05, 3.63) is 0 Å². The van der Waals surface area contributed by atoms with Crippen LogP contribution in [0.3, 0.4) is 0 Å². The van der Waals surface area contributed by atoms with Gasteiger partial charge >= 0.3 is 0 Å². The monoisotopic (exact) mass is 487 g/mol. The van der Waals surface area contributed by atoms with Crippen LogP contribution in [0.4, 0.5) is 0 Å². The summed E-state index contributed by atoms with van der Waals surface area (Å²) in [6.45, 7) is 12.3. The maximum atomic E-state index is 11.9. The predicted octanol–water partition coefficient (Wildman–Crippen LogP) is 5.08. The van der Waals surface area contributed by atoms with E-state index in [0.717, 1.165) is 25.7 Å². The first-order valence-corrected chi connectivity index (χ1v) is 15.0. The van der Waals surface area contributed by atoms with Crippen molar-refractivity contribution in [1.29, 1.82) is 0 Å². The lowest BCUT2D eigenvalue weighted by Crippen LogP contribution is -2.72.